The number of hydrogen-bond acceptors (Lipinski definition) is 2. The molecule has 0 unspecified atom stereocenters. The number of aromatic nitrogens is 1. The summed E-state index contributed by atoms with van der Waals surface area (Å²) in [5.41, 5.74) is 0.458. The van der Waals surface area contributed by atoms with Gasteiger partial charge in [0.15, 0.2) is 0 Å². The number of piperazine rings is 1. The van der Waals surface area contributed by atoms with E-state index in [-0.39, 0.29) is 5.91 Å². The lowest BCUT2D eigenvalue weighted by Crippen LogP contribution is -2.47. The number of H-pyrrole nitrogens is 1. The van der Waals surface area contributed by atoms with Crippen LogP contribution in [-0.2, 0) is 0 Å². The van der Waals surface area contributed by atoms with Crippen molar-refractivity contribution in [2.75, 3.05) is 33.2 Å². The Labute approximate surface area is 104 Å². The van der Waals surface area contributed by atoms with Crippen molar-refractivity contribution < 1.29 is 4.79 Å². The fourth-order valence-electron chi connectivity index (χ4n) is 1.70. The third-order valence-corrected chi connectivity index (χ3v) is 3.44. The molecule has 1 amide bonds. The molecular formula is C10H13Cl2N3O. The Morgan fingerprint density at radius 3 is 2.44 bits per heavy atom. The van der Waals surface area contributed by atoms with Crippen molar-refractivity contribution in [3.05, 3.63) is 21.9 Å². The summed E-state index contributed by atoms with van der Waals surface area (Å²) in [7, 11) is 2.05. The second-order valence-electron chi connectivity index (χ2n) is 3.94. The van der Waals surface area contributed by atoms with E-state index in [1.165, 1.54) is 0 Å². The van der Waals surface area contributed by atoms with Crippen molar-refractivity contribution in [2.24, 2.45) is 0 Å². The highest BCUT2D eigenvalue weighted by atomic mass is 35.5. The topological polar surface area (TPSA) is 39.3 Å². The highest BCUT2D eigenvalue weighted by Gasteiger charge is 2.22. The predicted molar refractivity (Wildman–Crippen MR) is 64.2 cm³/mol. The van der Waals surface area contributed by atoms with Gasteiger partial charge >= 0.3 is 0 Å². The number of nitrogens with one attached hydrogen (secondary N) is 1. The smallest absolute Gasteiger partial charge is 0.270 e. The molecule has 0 spiro atoms. The third-order valence-electron chi connectivity index (χ3n) is 2.75. The first kappa shape index (κ1) is 11.8. The summed E-state index contributed by atoms with van der Waals surface area (Å²) in [4.78, 5) is 18.8. The van der Waals surface area contributed by atoms with Gasteiger partial charge in [0, 0.05) is 26.2 Å². The molecule has 88 valence electrons. The number of hydrogen-bond donors (Lipinski definition) is 1. The van der Waals surface area contributed by atoms with Gasteiger partial charge in [0.1, 0.15) is 10.8 Å². The van der Waals surface area contributed by atoms with Crippen molar-refractivity contribution in [1.29, 1.82) is 0 Å². The first-order chi connectivity index (χ1) is 7.58. The first-order valence-electron chi connectivity index (χ1n) is 5.10. The molecule has 1 saturated heterocycles. The average molecular weight is 262 g/mol. The van der Waals surface area contributed by atoms with Crippen molar-refractivity contribution >= 4 is 29.1 Å². The van der Waals surface area contributed by atoms with E-state index in [1.807, 2.05) is 7.05 Å². The number of amides is 1. The van der Waals surface area contributed by atoms with Crippen molar-refractivity contribution in [3.8, 4) is 0 Å². The van der Waals surface area contributed by atoms with Crippen LogP contribution in [0.3, 0.4) is 0 Å². The van der Waals surface area contributed by atoms with Crippen LogP contribution in [-0.4, -0.2) is 53.9 Å². The van der Waals surface area contributed by atoms with E-state index in [1.54, 1.807) is 11.0 Å². The molecule has 1 aromatic rings. The zero-order valence-electron chi connectivity index (χ0n) is 8.96. The minimum absolute atomic E-state index is 0.0399. The van der Waals surface area contributed by atoms with Gasteiger partial charge in [-0.05, 0) is 13.1 Å². The lowest BCUT2D eigenvalue weighted by atomic mass is 10.3. The quantitative estimate of drug-likeness (QED) is 0.836. The molecule has 0 aromatic carbocycles. The first-order valence-corrected chi connectivity index (χ1v) is 5.85. The fraction of sp³-hybridized carbons (Fsp3) is 0.500. The Morgan fingerprint density at radius 2 is 1.94 bits per heavy atom. The normalized spacial score (nSPS) is 17.8. The number of likely N-dealkylation sites (N-methyl/N-ethyl adjacent to an activating group) is 1. The molecule has 4 nitrogen and oxygen atoms in total. The molecule has 0 bridgehead atoms. The van der Waals surface area contributed by atoms with Crippen LogP contribution in [0.1, 0.15) is 10.5 Å². The van der Waals surface area contributed by atoms with E-state index in [9.17, 15) is 4.79 Å². The van der Waals surface area contributed by atoms with E-state index >= 15 is 0 Å². The average Bonchev–Trinajstić information content (AvgIpc) is 2.59. The monoisotopic (exact) mass is 261 g/mol. The van der Waals surface area contributed by atoms with Gasteiger partial charge < -0.3 is 14.8 Å². The molecule has 6 heteroatoms. The minimum Gasteiger partial charge on any atom is -0.340 e. The van der Waals surface area contributed by atoms with Gasteiger partial charge in [-0.25, -0.2) is 0 Å². The summed E-state index contributed by atoms with van der Waals surface area (Å²) in [5, 5.41) is 0.707. The Bertz CT molecular complexity index is 377. The summed E-state index contributed by atoms with van der Waals surface area (Å²) >= 11 is 11.6. The summed E-state index contributed by atoms with van der Waals surface area (Å²) in [6.07, 6.45) is 0. The van der Waals surface area contributed by atoms with Gasteiger partial charge in [-0.2, -0.15) is 0 Å². The molecule has 2 rings (SSSR count). The van der Waals surface area contributed by atoms with E-state index in [4.69, 9.17) is 23.2 Å². The highest BCUT2D eigenvalue weighted by molar-refractivity contribution is 6.41. The van der Waals surface area contributed by atoms with Crippen molar-refractivity contribution in [2.45, 2.75) is 0 Å². The number of rotatable bonds is 1. The SMILES string of the molecule is CN1CCN(C(=O)c2cc(Cl)c(Cl)[nH]2)CC1. The van der Waals surface area contributed by atoms with Crippen LogP contribution >= 0.6 is 23.2 Å². The Kier molecular flexibility index (Phi) is 3.42. The molecule has 0 atom stereocenters. The molecule has 1 aliphatic rings. The van der Waals surface area contributed by atoms with Gasteiger partial charge in [0.2, 0.25) is 0 Å². The molecule has 1 aliphatic heterocycles. The fourth-order valence-corrected chi connectivity index (χ4v) is 2.01. The van der Waals surface area contributed by atoms with Crippen molar-refractivity contribution in [3.63, 3.8) is 0 Å². The third kappa shape index (κ3) is 2.34. The van der Waals surface area contributed by atoms with E-state index < -0.39 is 0 Å². The standard InChI is InChI=1S/C10H13Cl2N3O/c1-14-2-4-15(5-3-14)10(16)8-6-7(11)9(12)13-8/h6,13H,2-5H2,1H3. The minimum atomic E-state index is -0.0399. The summed E-state index contributed by atoms with van der Waals surface area (Å²) in [6.45, 7) is 3.27. The Hall–Kier alpha value is -0.710. The second-order valence-corrected chi connectivity index (χ2v) is 4.73. The summed E-state index contributed by atoms with van der Waals surface area (Å²) in [6, 6.07) is 1.57. The van der Waals surface area contributed by atoms with Gasteiger partial charge in [0.05, 0.1) is 5.02 Å². The maximum absolute atomic E-state index is 12.0. The zero-order chi connectivity index (χ0) is 11.7. The van der Waals surface area contributed by atoms with Crippen LogP contribution in [0.2, 0.25) is 10.2 Å². The molecule has 1 aromatic heterocycles. The molecule has 0 radical (unpaired) electrons. The molecule has 16 heavy (non-hydrogen) atoms. The number of carbonyl (C=O) groups excluding carboxylic acids is 1. The number of carbonyl (C=O) groups is 1. The Balaban J connectivity index is 2.07. The van der Waals surface area contributed by atoms with Crippen LogP contribution in [0.25, 0.3) is 0 Å². The van der Waals surface area contributed by atoms with Gasteiger partial charge in [-0.1, -0.05) is 23.2 Å². The largest absolute Gasteiger partial charge is 0.340 e. The molecule has 1 fully saturated rings. The lowest BCUT2D eigenvalue weighted by Gasteiger charge is -2.32. The highest BCUT2D eigenvalue weighted by Crippen LogP contribution is 2.22. The van der Waals surface area contributed by atoms with Crippen LogP contribution in [0.5, 0.6) is 0 Å². The molecule has 2 heterocycles. The molecule has 0 saturated carbocycles. The van der Waals surface area contributed by atoms with Crippen LogP contribution < -0.4 is 0 Å². The number of halogens is 2. The number of aromatic amines is 1. The Morgan fingerprint density at radius 1 is 1.31 bits per heavy atom. The van der Waals surface area contributed by atoms with Crippen molar-refractivity contribution in [1.82, 2.24) is 14.8 Å². The second kappa shape index (κ2) is 4.65. The lowest BCUT2D eigenvalue weighted by molar-refractivity contribution is 0.0659. The van der Waals surface area contributed by atoms with Gasteiger partial charge in [-0.15, -0.1) is 0 Å². The summed E-state index contributed by atoms with van der Waals surface area (Å²) in [5.74, 6) is -0.0399. The molecule has 1 N–H and O–H groups in total. The van der Waals surface area contributed by atoms with E-state index in [0.29, 0.717) is 15.9 Å². The van der Waals surface area contributed by atoms with Crippen LogP contribution in [0.15, 0.2) is 6.07 Å². The van der Waals surface area contributed by atoms with Crippen LogP contribution in [0, 0.1) is 0 Å². The maximum Gasteiger partial charge on any atom is 0.270 e. The molecular weight excluding hydrogens is 249 g/mol. The van der Waals surface area contributed by atoms with Crippen LogP contribution in [0.4, 0.5) is 0 Å². The van der Waals surface area contributed by atoms with E-state index in [0.717, 1.165) is 26.2 Å². The predicted octanol–water partition coefficient (Wildman–Crippen LogP) is 1.71. The maximum atomic E-state index is 12.0. The molecule has 0 aliphatic carbocycles. The van der Waals surface area contributed by atoms with E-state index in [2.05, 4.69) is 9.88 Å². The van der Waals surface area contributed by atoms with Gasteiger partial charge in [0.25, 0.3) is 5.91 Å². The number of nitrogens with zero attached hydrogens (tertiary/aromatic N) is 2. The van der Waals surface area contributed by atoms with Gasteiger partial charge in [-0.3, -0.25) is 4.79 Å². The zero-order valence-corrected chi connectivity index (χ0v) is 10.5. The summed E-state index contributed by atoms with van der Waals surface area (Å²) < 4.78 is 0.